The highest BCUT2D eigenvalue weighted by molar-refractivity contribution is 6.18. The zero-order valence-corrected chi connectivity index (χ0v) is 18.0. The van der Waals surface area contributed by atoms with Gasteiger partial charge in [-0.1, -0.05) is 68.4 Å². The monoisotopic (exact) mass is 427 g/mol. The standard InChI is InChI=1S/C26H25N3O3/c1-18(2)16-20(26(31)32)17-28-24(19-10-4-3-5-11-19)21-12-6-7-13-22(21)29-25(30)23-14-8-9-15-27-23/h3-15,17-18H,16H2,1-2H3,(H,29,30)(H,31,32)/b20-17-,28-24?. The number of carbonyl (C=O) groups excluding carboxylic acids is 1. The number of aliphatic imine (C=N–C) groups is 1. The number of aromatic nitrogens is 1. The SMILES string of the molecule is CC(C)C/C(=C/N=C(c1ccccc1)c1ccccc1NC(=O)c1ccccn1)C(=O)O. The molecule has 0 atom stereocenters. The minimum absolute atomic E-state index is 0.178. The van der Waals surface area contributed by atoms with Crippen molar-refractivity contribution in [2.45, 2.75) is 20.3 Å². The van der Waals surface area contributed by atoms with Gasteiger partial charge >= 0.3 is 5.97 Å². The molecular formula is C26H25N3O3. The first-order valence-electron chi connectivity index (χ1n) is 10.3. The maximum absolute atomic E-state index is 12.7. The Hall–Kier alpha value is -4.06. The molecule has 0 bridgehead atoms. The Kier molecular flexibility index (Phi) is 7.65. The second-order valence-electron chi connectivity index (χ2n) is 7.62. The van der Waals surface area contributed by atoms with Crippen molar-refractivity contribution in [2.75, 3.05) is 5.32 Å². The number of pyridine rings is 1. The highest BCUT2D eigenvalue weighted by Crippen LogP contribution is 2.22. The summed E-state index contributed by atoms with van der Waals surface area (Å²) in [6.45, 7) is 3.92. The summed E-state index contributed by atoms with van der Waals surface area (Å²) in [5.74, 6) is -1.16. The number of hydrogen-bond acceptors (Lipinski definition) is 4. The molecule has 32 heavy (non-hydrogen) atoms. The van der Waals surface area contributed by atoms with E-state index < -0.39 is 5.97 Å². The number of benzene rings is 2. The Balaban J connectivity index is 2.07. The molecule has 0 aliphatic heterocycles. The first-order chi connectivity index (χ1) is 15.5. The summed E-state index contributed by atoms with van der Waals surface area (Å²) in [7, 11) is 0. The van der Waals surface area contributed by atoms with Crippen molar-refractivity contribution in [3.63, 3.8) is 0 Å². The largest absolute Gasteiger partial charge is 0.478 e. The summed E-state index contributed by atoms with van der Waals surface area (Å²) in [5.41, 5.74) is 3.12. The number of aliphatic carboxylic acids is 1. The highest BCUT2D eigenvalue weighted by Gasteiger charge is 2.15. The smallest absolute Gasteiger partial charge is 0.333 e. The average Bonchev–Trinajstić information content (AvgIpc) is 2.80. The predicted octanol–water partition coefficient (Wildman–Crippen LogP) is 5.19. The van der Waals surface area contributed by atoms with Gasteiger partial charge in [0.15, 0.2) is 0 Å². The molecular weight excluding hydrogens is 402 g/mol. The molecule has 0 unspecified atom stereocenters. The van der Waals surface area contributed by atoms with Gasteiger partial charge in [0.25, 0.3) is 5.91 Å². The van der Waals surface area contributed by atoms with Crippen LogP contribution in [0.25, 0.3) is 0 Å². The molecule has 1 aromatic heterocycles. The Morgan fingerprint density at radius 1 is 1.00 bits per heavy atom. The van der Waals surface area contributed by atoms with Crippen LogP contribution in [0.15, 0.2) is 95.8 Å². The minimum atomic E-state index is -0.994. The molecule has 1 amide bonds. The quantitative estimate of drug-likeness (QED) is 0.382. The third kappa shape index (κ3) is 5.98. The fourth-order valence-corrected chi connectivity index (χ4v) is 3.16. The van der Waals surface area contributed by atoms with Crippen molar-refractivity contribution >= 4 is 23.3 Å². The predicted molar refractivity (Wildman–Crippen MR) is 126 cm³/mol. The van der Waals surface area contributed by atoms with E-state index in [-0.39, 0.29) is 17.4 Å². The van der Waals surface area contributed by atoms with Crippen LogP contribution in [-0.4, -0.2) is 27.7 Å². The summed E-state index contributed by atoms with van der Waals surface area (Å²) >= 11 is 0. The molecule has 6 nitrogen and oxygen atoms in total. The Labute approximate surface area is 187 Å². The van der Waals surface area contributed by atoms with Crippen LogP contribution in [0.2, 0.25) is 0 Å². The zero-order valence-electron chi connectivity index (χ0n) is 18.0. The molecule has 3 aromatic rings. The summed E-state index contributed by atoms with van der Waals surface area (Å²) in [6, 6.07) is 21.9. The molecule has 0 radical (unpaired) electrons. The molecule has 2 aromatic carbocycles. The van der Waals surface area contributed by atoms with Gasteiger partial charge < -0.3 is 10.4 Å². The number of carboxylic acids is 1. The number of para-hydroxylation sites is 1. The Morgan fingerprint density at radius 2 is 1.69 bits per heavy atom. The van der Waals surface area contributed by atoms with Gasteiger partial charge in [0.05, 0.1) is 17.0 Å². The van der Waals surface area contributed by atoms with Crippen molar-refractivity contribution < 1.29 is 14.7 Å². The highest BCUT2D eigenvalue weighted by atomic mass is 16.4. The molecule has 0 saturated carbocycles. The fourth-order valence-electron chi connectivity index (χ4n) is 3.16. The number of nitrogens with zero attached hydrogens (tertiary/aromatic N) is 2. The van der Waals surface area contributed by atoms with Gasteiger partial charge in [-0.25, -0.2) is 4.79 Å². The van der Waals surface area contributed by atoms with Gasteiger partial charge in [-0.3, -0.25) is 14.8 Å². The second kappa shape index (κ2) is 10.8. The summed E-state index contributed by atoms with van der Waals surface area (Å²) in [6.07, 6.45) is 3.37. The average molecular weight is 428 g/mol. The van der Waals surface area contributed by atoms with Gasteiger partial charge in [-0.2, -0.15) is 0 Å². The van der Waals surface area contributed by atoms with Gasteiger partial charge in [0, 0.05) is 23.5 Å². The first-order valence-corrected chi connectivity index (χ1v) is 10.3. The van der Waals surface area contributed by atoms with Crippen LogP contribution in [0.3, 0.4) is 0 Å². The van der Waals surface area contributed by atoms with Gasteiger partial charge in [0.1, 0.15) is 5.69 Å². The minimum Gasteiger partial charge on any atom is -0.478 e. The van der Waals surface area contributed by atoms with Crippen LogP contribution < -0.4 is 5.32 Å². The third-order valence-corrected chi connectivity index (χ3v) is 4.63. The van der Waals surface area contributed by atoms with E-state index >= 15 is 0 Å². The van der Waals surface area contributed by atoms with E-state index in [9.17, 15) is 14.7 Å². The Bertz CT molecular complexity index is 1140. The van der Waals surface area contributed by atoms with Crippen LogP contribution in [-0.2, 0) is 4.79 Å². The maximum atomic E-state index is 12.7. The van der Waals surface area contributed by atoms with E-state index in [1.807, 2.05) is 62.4 Å². The number of hydrogen-bond donors (Lipinski definition) is 2. The van der Waals surface area contributed by atoms with E-state index in [1.165, 1.54) is 6.20 Å². The molecule has 0 spiro atoms. The lowest BCUT2D eigenvalue weighted by Crippen LogP contribution is -2.16. The van der Waals surface area contributed by atoms with Gasteiger partial charge in [-0.05, 0) is 30.5 Å². The lowest BCUT2D eigenvalue weighted by atomic mass is 10.00. The number of rotatable bonds is 8. The second-order valence-corrected chi connectivity index (χ2v) is 7.62. The Morgan fingerprint density at radius 3 is 2.34 bits per heavy atom. The van der Waals surface area contributed by atoms with Crippen molar-refractivity contribution in [2.24, 2.45) is 10.9 Å². The van der Waals surface area contributed by atoms with E-state index in [1.54, 1.807) is 30.5 Å². The zero-order chi connectivity index (χ0) is 22.9. The van der Waals surface area contributed by atoms with Crippen LogP contribution >= 0.6 is 0 Å². The van der Waals surface area contributed by atoms with Crippen molar-refractivity contribution in [1.29, 1.82) is 0 Å². The van der Waals surface area contributed by atoms with E-state index in [0.29, 0.717) is 29.1 Å². The number of nitrogens with one attached hydrogen (secondary N) is 1. The molecule has 0 saturated heterocycles. The molecule has 0 fully saturated rings. The van der Waals surface area contributed by atoms with Crippen molar-refractivity contribution in [3.8, 4) is 0 Å². The number of carbonyl (C=O) groups is 2. The molecule has 6 heteroatoms. The molecule has 3 rings (SSSR count). The lowest BCUT2D eigenvalue weighted by Gasteiger charge is -2.13. The van der Waals surface area contributed by atoms with Crippen LogP contribution in [0.4, 0.5) is 5.69 Å². The number of amides is 1. The molecule has 0 aliphatic carbocycles. The van der Waals surface area contributed by atoms with Gasteiger partial charge in [-0.15, -0.1) is 0 Å². The van der Waals surface area contributed by atoms with Gasteiger partial charge in [0.2, 0.25) is 0 Å². The number of carboxylic acid groups (broad SMARTS) is 1. The fraction of sp³-hybridized carbons (Fsp3) is 0.154. The summed E-state index contributed by atoms with van der Waals surface area (Å²) in [5, 5.41) is 12.5. The number of anilines is 1. The summed E-state index contributed by atoms with van der Waals surface area (Å²) < 4.78 is 0. The summed E-state index contributed by atoms with van der Waals surface area (Å²) in [4.78, 5) is 33.1. The van der Waals surface area contributed by atoms with Crippen LogP contribution in [0, 0.1) is 5.92 Å². The first kappa shape index (κ1) is 22.6. The maximum Gasteiger partial charge on any atom is 0.333 e. The molecule has 1 heterocycles. The molecule has 2 N–H and O–H groups in total. The van der Waals surface area contributed by atoms with E-state index in [0.717, 1.165) is 5.56 Å². The topological polar surface area (TPSA) is 91.7 Å². The lowest BCUT2D eigenvalue weighted by molar-refractivity contribution is -0.132. The normalized spacial score (nSPS) is 12.0. The molecule has 0 aliphatic rings. The van der Waals surface area contributed by atoms with Crippen molar-refractivity contribution in [1.82, 2.24) is 4.98 Å². The third-order valence-electron chi connectivity index (χ3n) is 4.63. The van der Waals surface area contributed by atoms with Crippen LogP contribution in [0.5, 0.6) is 0 Å². The van der Waals surface area contributed by atoms with Crippen molar-refractivity contribution in [3.05, 3.63) is 108 Å². The van der Waals surface area contributed by atoms with E-state index in [2.05, 4.69) is 15.3 Å². The molecule has 162 valence electrons. The van der Waals surface area contributed by atoms with Crippen LogP contribution in [0.1, 0.15) is 41.9 Å². The van der Waals surface area contributed by atoms with E-state index in [4.69, 9.17) is 0 Å².